The van der Waals surface area contributed by atoms with E-state index in [9.17, 15) is 9.50 Å². The summed E-state index contributed by atoms with van der Waals surface area (Å²) >= 11 is 0. The van der Waals surface area contributed by atoms with E-state index in [1.54, 1.807) is 30.3 Å². The van der Waals surface area contributed by atoms with Gasteiger partial charge in [0.2, 0.25) is 0 Å². The summed E-state index contributed by atoms with van der Waals surface area (Å²) in [6.45, 7) is 0. The van der Waals surface area contributed by atoms with Crippen LogP contribution in [0.25, 0.3) is 21.5 Å². The lowest BCUT2D eigenvalue weighted by molar-refractivity contribution is 0.481. The molecule has 0 amide bonds. The number of rotatable bonds is 0. The molecular formula is C14H9FO. The van der Waals surface area contributed by atoms with E-state index in [-0.39, 0.29) is 11.6 Å². The van der Waals surface area contributed by atoms with Gasteiger partial charge < -0.3 is 5.11 Å². The van der Waals surface area contributed by atoms with Crippen LogP contribution in [-0.2, 0) is 0 Å². The average molecular weight is 212 g/mol. The van der Waals surface area contributed by atoms with E-state index < -0.39 is 0 Å². The lowest BCUT2D eigenvalue weighted by atomic mass is 10.0. The van der Waals surface area contributed by atoms with Gasteiger partial charge in [0.05, 0.1) is 0 Å². The molecule has 0 aromatic heterocycles. The van der Waals surface area contributed by atoms with Crippen molar-refractivity contribution >= 4 is 21.5 Å². The van der Waals surface area contributed by atoms with E-state index in [0.29, 0.717) is 5.39 Å². The number of aromatic hydroxyl groups is 1. The third kappa shape index (κ3) is 1.16. The predicted molar refractivity (Wildman–Crippen MR) is 63.1 cm³/mol. The van der Waals surface area contributed by atoms with Crippen LogP contribution < -0.4 is 0 Å². The highest BCUT2D eigenvalue weighted by Gasteiger charge is 2.05. The predicted octanol–water partition coefficient (Wildman–Crippen LogP) is 3.84. The van der Waals surface area contributed by atoms with Crippen LogP contribution in [0.15, 0.2) is 48.5 Å². The zero-order valence-corrected chi connectivity index (χ0v) is 8.44. The van der Waals surface area contributed by atoms with Crippen molar-refractivity contribution in [1.82, 2.24) is 0 Å². The molecule has 16 heavy (non-hydrogen) atoms. The van der Waals surface area contributed by atoms with Crippen molar-refractivity contribution in [3.05, 3.63) is 54.3 Å². The smallest absolute Gasteiger partial charge is 0.131 e. The van der Waals surface area contributed by atoms with Gasteiger partial charge in [-0.2, -0.15) is 0 Å². The molecule has 0 fully saturated rings. The standard InChI is InChI=1S/C14H9FO/c15-13-5-1-3-9-10-4-2-6-14(16)12(10)8-7-11(9)13/h1-8,16H. The van der Waals surface area contributed by atoms with Gasteiger partial charge in [-0.15, -0.1) is 0 Å². The van der Waals surface area contributed by atoms with Gasteiger partial charge in [-0.25, -0.2) is 4.39 Å². The Balaban J connectivity index is 2.60. The maximum Gasteiger partial charge on any atom is 0.131 e. The Morgan fingerprint density at radius 2 is 1.31 bits per heavy atom. The third-order valence-corrected chi connectivity index (χ3v) is 2.84. The first-order valence-electron chi connectivity index (χ1n) is 5.06. The first-order valence-corrected chi connectivity index (χ1v) is 5.06. The highest BCUT2D eigenvalue weighted by Crippen LogP contribution is 2.31. The van der Waals surface area contributed by atoms with Gasteiger partial charge >= 0.3 is 0 Å². The van der Waals surface area contributed by atoms with Crippen molar-refractivity contribution in [1.29, 1.82) is 0 Å². The minimum absolute atomic E-state index is 0.226. The SMILES string of the molecule is Oc1cccc2c1ccc1c(F)cccc12. The molecule has 0 aliphatic heterocycles. The highest BCUT2D eigenvalue weighted by atomic mass is 19.1. The van der Waals surface area contributed by atoms with Crippen molar-refractivity contribution in [3.63, 3.8) is 0 Å². The molecule has 1 nitrogen and oxygen atoms in total. The van der Waals surface area contributed by atoms with Gasteiger partial charge in [0, 0.05) is 10.8 Å². The summed E-state index contributed by atoms with van der Waals surface area (Å²) in [5.41, 5.74) is 0. The Hall–Kier alpha value is -2.09. The number of benzene rings is 3. The number of hydrogen-bond donors (Lipinski definition) is 1. The summed E-state index contributed by atoms with van der Waals surface area (Å²) in [6, 6.07) is 13.7. The fraction of sp³-hybridized carbons (Fsp3) is 0. The molecule has 2 heteroatoms. The lowest BCUT2D eigenvalue weighted by Gasteiger charge is -2.05. The van der Waals surface area contributed by atoms with Crippen molar-refractivity contribution < 1.29 is 9.50 Å². The number of halogens is 1. The van der Waals surface area contributed by atoms with E-state index in [1.807, 2.05) is 12.1 Å². The third-order valence-electron chi connectivity index (χ3n) is 2.84. The van der Waals surface area contributed by atoms with Gasteiger partial charge in [0.1, 0.15) is 11.6 Å². The molecule has 0 aliphatic carbocycles. The first-order chi connectivity index (χ1) is 7.77. The molecule has 0 saturated carbocycles. The molecule has 3 aromatic rings. The highest BCUT2D eigenvalue weighted by molar-refractivity contribution is 6.09. The van der Waals surface area contributed by atoms with Crippen LogP contribution in [0.3, 0.4) is 0 Å². The Labute approximate surface area is 91.8 Å². The molecule has 0 bridgehead atoms. The van der Waals surface area contributed by atoms with E-state index >= 15 is 0 Å². The molecule has 0 spiro atoms. The minimum atomic E-state index is -0.234. The Bertz CT molecular complexity index is 628. The summed E-state index contributed by atoms with van der Waals surface area (Å²) in [6.07, 6.45) is 0. The van der Waals surface area contributed by atoms with E-state index in [4.69, 9.17) is 0 Å². The van der Waals surface area contributed by atoms with E-state index in [1.165, 1.54) is 6.07 Å². The summed E-state index contributed by atoms with van der Waals surface area (Å²) < 4.78 is 13.6. The fourth-order valence-electron chi connectivity index (χ4n) is 2.07. The first kappa shape index (κ1) is 9.16. The summed E-state index contributed by atoms with van der Waals surface area (Å²) in [7, 11) is 0. The molecule has 78 valence electrons. The van der Waals surface area contributed by atoms with Crippen LogP contribution in [0.4, 0.5) is 4.39 Å². The molecule has 3 rings (SSSR count). The van der Waals surface area contributed by atoms with Crippen LogP contribution in [0.2, 0.25) is 0 Å². The average Bonchev–Trinajstić information content (AvgIpc) is 2.30. The van der Waals surface area contributed by atoms with Crippen LogP contribution in [-0.4, -0.2) is 5.11 Å². The van der Waals surface area contributed by atoms with Crippen molar-refractivity contribution in [3.8, 4) is 5.75 Å². The van der Waals surface area contributed by atoms with Crippen molar-refractivity contribution in [2.75, 3.05) is 0 Å². The summed E-state index contributed by atoms with van der Waals surface area (Å²) in [4.78, 5) is 0. The topological polar surface area (TPSA) is 20.2 Å². The second-order valence-corrected chi connectivity index (χ2v) is 3.77. The zero-order valence-electron chi connectivity index (χ0n) is 8.44. The minimum Gasteiger partial charge on any atom is -0.507 e. The largest absolute Gasteiger partial charge is 0.507 e. The maximum atomic E-state index is 13.6. The molecule has 1 N–H and O–H groups in total. The lowest BCUT2D eigenvalue weighted by Crippen LogP contribution is -1.81. The van der Waals surface area contributed by atoms with Crippen molar-refractivity contribution in [2.24, 2.45) is 0 Å². The molecule has 0 saturated heterocycles. The Morgan fingerprint density at radius 1 is 0.688 bits per heavy atom. The van der Waals surface area contributed by atoms with Gasteiger partial charge in [0.15, 0.2) is 0 Å². The molecule has 0 atom stereocenters. The Kier molecular flexibility index (Phi) is 1.83. The molecule has 0 unspecified atom stereocenters. The quantitative estimate of drug-likeness (QED) is 0.561. The summed E-state index contributed by atoms with van der Waals surface area (Å²) in [5, 5.41) is 12.7. The monoisotopic (exact) mass is 212 g/mol. The molecule has 0 heterocycles. The number of phenolic OH excluding ortho intramolecular Hbond substituents is 1. The molecule has 0 aliphatic rings. The number of fused-ring (bicyclic) bond motifs is 3. The van der Waals surface area contributed by atoms with Crippen LogP contribution in [0.1, 0.15) is 0 Å². The van der Waals surface area contributed by atoms with Gasteiger partial charge in [0.25, 0.3) is 0 Å². The van der Waals surface area contributed by atoms with Gasteiger partial charge in [-0.3, -0.25) is 0 Å². The van der Waals surface area contributed by atoms with Crippen molar-refractivity contribution in [2.45, 2.75) is 0 Å². The van der Waals surface area contributed by atoms with E-state index in [0.717, 1.165) is 16.2 Å². The van der Waals surface area contributed by atoms with Crippen LogP contribution >= 0.6 is 0 Å². The maximum absolute atomic E-state index is 13.6. The van der Waals surface area contributed by atoms with Gasteiger partial charge in [-0.05, 0) is 29.0 Å². The Morgan fingerprint density at radius 3 is 2.12 bits per heavy atom. The zero-order chi connectivity index (χ0) is 11.1. The molecular weight excluding hydrogens is 203 g/mol. The van der Waals surface area contributed by atoms with Crippen LogP contribution in [0, 0.1) is 5.82 Å². The summed E-state index contributed by atoms with van der Waals surface area (Å²) in [5.74, 6) is -0.00796. The van der Waals surface area contributed by atoms with E-state index in [2.05, 4.69) is 0 Å². The normalized spacial score (nSPS) is 11.1. The molecule has 0 radical (unpaired) electrons. The molecule has 3 aromatic carbocycles. The second kappa shape index (κ2) is 3.20. The number of phenols is 1. The van der Waals surface area contributed by atoms with Gasteiger partial charge in [-0.1, -0.05) is 30.3 Å². The number of hydrogen-bond acceptors (Lipinski definition) is 1. The fourth-order valence-corrected chi connectivity index (χ4v) is 2.07. The second-order valence-electron chi connectivity index (χ2n) is 3.77. The van der Waals surface area contributed by atoms with Crippen LogP contribution in [0.5, 0.6) is 5.75 Å².